The van der Waals surface area contributed by atoms with Crippen LogP contribution in [0.5, 0.6) is 0 Å². The fourth-order valence-electron chi connectivity index (χ4n) is 2.23. The van der Waals surface area contributed by atoms with E-state index in [2.05, 4.69) is 9.97 Å². The Morgan fingerprint density at radius 3 is 2.82 bits per heavy atom. The van der Waals surface area contributed by atoms with Gasteiger partial charge in [0, 0.05) is 6.61 Å². The maximum atomic E-state index is 11.8. The van der Waals surface area contributed by atoms with Gasteiger partial charge in [0.15, 0.2) is 0 Å². The van der Waals surface area contributed by atoms with Crippen LogP contribution >= 0.6 is 0 Å². The summed E-state index contributed by atoms with van der Waals surface area (Å²) >= 11 is 0. The molecule has 2 heterocycles. The third-order valence-electron chi connectivity index (χ3n) is 3.37. The van der Waals surface area contributed by atoms with Crippen LogP contribution in [0.1, 0.15) is 44.5 Å². The van der Waals surface area contributed by atoms with E-state index >= 15 is 0 Å². The summed E-state index contributed by atoms with van der Waals surface area (Å²) < 4.78 is 5.75. The molecular weight excluding hydrogens is 218 g/mol. The Labute approximate surface area is 100 Å². The monoisotopic (exact) mass is 237 g/mol. The Bertz CT molecular complexity index is 461. The minimum atomic E-state index is -0.502. The molecule has 3 N–H and O–H groups in total. The Kier molecular flexibility index (Phi) is 3.19. The van der Waals surface area contributed by atoms with E-state index in [4.69, 9.17) is 10.5 Å². The second-order valence-electron chi connectivity index (χ2n) is 4.67. The highest BCUT2D eigenvalue weighted by molar-refractivity contribution is 5.38. The molecule has 1 fully saturated rings. The number of aromatic nitrogens is 2. The molecule has 0 amide bonds. The van der Waals surface area contributed by atoms with Crippen molar-refractivity contribution in [1.29, 1.82) is 0 Å². The van der Waals surface area contributed by atoms with Gasteiger partial charge in [0.05, 0.1) is 5.56 Å². The molecule has 17 heavy (non-hydrogen) atoms. The summed E-state index contributed by atoms with van der Waals surface area (Å²) in [5.41, 5.74) is 5.71. The van der Waals surface area contributed by atoms with E-state index in [1.54, 1.807) is 0 Å². The lowest BCUT2D eigenvalue weighted by molar-refractivity contribution is -0.0761. The Hall–Kier alpha value is -1.36. The molecule has 1 aromatic heterocycles. The largest absolute Gasteiger partial charge is 0.383 e. The van der Waals surface area contributed by atoms with Gasteiger partial charge in [0.1, 0.15) is 17.2 Å². The molecule has 1 unspecified atom stereocenters. The molecule has 5 nitrogen and oxygen atoms in total. The summed E-state index contributed by atoms with van der Waals surface area (Å²) in [7, 11) is 0. The molecular formula is C12H19N3O2. The number of hydrogen-bond acceptors (Lipinski definition) is 4. The summed E-state index contributed by atoms with van der Waals surface area (Å²) in [6, 6.07) is 0. The van der Waals surface area contributed by atoms with Gasteiger partial charge in [-0.2, -0.15) is 0 Å². The third-order valence-corrected chi connectivity index (χ3v) is 3.37. The zero-order valence-electron chi connectivity index (χ0n) is 10.4. The Morgan fingerprint density at radius 1 is 1.53 bits per heavy atom. The van der Waals surface area contributed by atoms with Crippen LogP contribution in [-0.4, -0.2) is 16.6 Å². The molecule has 94 valence electrons. The smallest absolute Gasteiger partial charge is 0.256 e. The maximum Gasteiger partial charge on any atom is 0.256 e. The molecule has 0 aromatic carbocycles. The molecule has 5 heteroatoms. The van der Waals surface area contributed by atoms with Crippen LogP contribution in [0.15, 0.2) is 4.79 Å². The fraction of sp³-hybridized carbons (Fsp3) is 0.667. The third kappa shape index (κ3) is 2.20. The summed E-state index contributed by atoms with van der Waals surface area (Å²) in [6.07, 6.45) is 3.59. The summed E-state index contributed by atoms with van der Waals surface area (Å²) in [4.78, 5) is 18.9. The highest BCUT2D eigenvalue weighted by Gasteiger charge is 2.33. The number of anilines is 1. The van der Waals surface area contributed by atoms with Gasteiger partial charge < -0.3 is 15.5 Å². The number of nitrogens with one attached hydrogen (secondary N) is 1. The first kappa shape index (κ1) is 12.1. The van der Waals surface area contributed by atoms with Crippen molar-refractivity contribution >= 4 is 5.82 Å². The van der Waals surface area contributed by atoms with Crippen LogP contribution < -0.4 is 11.3 Å². The number of nitrogens with zero attached hydrogens (tertiary/aromatic N) is 1. The van der Waals surface area contributed by atoms with Crippen molar-refractivity contribution in [2.45, 2.75) is 45.1 Å². The predicted octanol–water partition coefficient (Wildman–Crippen LogP) is 1.33. The van der Waals surface area contributed by atoms with E-state index in [0.717, 1.165) is 19.3 Å². The lowest BCUT2D eigenvalue weighted by Gasteiger charge is -2.32. The predicted molar refractivity (Wildman–Crippen MR) is 65.8 cm³/mol. The van der Waals surface area contributed by atoms with Crippen molar-refractivity contribution in [2.24, 2.45) is 0 Å². The minimum absolute atomic E-state index is 0.148. The van der Waals surface area contributed by atoms with Crippen LogP contribution in [0.25, 0.3) is 0 Å². The quantitative estimate of drug-likeness (QED) is 0.813. The second-order valence-corrected chi connectivity index (χ2v) is 4.67. The SMILES string of the molecule is CCc1c(N)nc(C2(C)CCCCO2)[nH]c1=O. The van der Waals surface area contributed by atoms with Gasteiger partial charge in [-0.1, -0.05) is 6.92 Å². The molecule has 0 bridgehead atoms. The van der Waals surface area contributed by atoms with Gasteiger partial charge >= 0.3 is 0 Å². The molecule has 0 aliphatic carbocycles. The normalized spacial score (nSPS) is 24.8. The maximum absolute atomic E-state index is 11.8. The van der Waals surface area contributed by atoms with Crippen molar-refractivity contribution in [3.05, 3.63) is 21.7 Å². The molecule has 1 aromatic rings. The average Bonchev–Trinajstić information content (AvgIpc) is 2.29. The van der Waals surface area contributed by atoms with Crippen molar-refractivity contribution in [3.8, 4) is 0 Å². The van der Waals surface area contributed by atoms with E-state index in [9.17, 15) is 4.79 Å². The van der Waals surface area contributed by atoms with Crippen molar-refractivity contribution in [1.82, 2.24) is 9.97 Å². The highest BCUT2D eigenvalue weighted by Crippen LogP contribution is 2.32. The van der Waals surface area contributed by atoms with E-state index < -0.39 is 5.60 Å². The highest BCUT2D eigenvalue weighted by atomic mass is 16.5. The number of nitrogen functional groups attached to an aromatic ring is 1. The first-order valence-corrected chi connectivity index (χ1v) is 6.10. The number of aromatic amines is 1. The fourth-order valence-corrected chi connectivity index (χ4v) is 2.23. The van der Waals surface area contributed by atoms with Gasteiger partial charge in [-0.05, 0) is 32.6 Å². The van der Waals surface area contributed by atoms with Gasteiger partial charge in [0.2, 0.25) is 0 Å². The van der Waals surface area contributed by atoms with Gasteiger partial charge in [-0.15, -0.1) is 0 Å². The molecule has 2 rings (SSSR count). The molecule has 0 spiro atoms. The summed E-state index contributed by atoms with van der Waals surface area (Å²) in [5, 5.41) is 0. The molecule has 1 aliphatic rings. The van der Waals surface area contributed by atoms with Gasteiger partial charge in [-0.25, -0.2) is 4.98 Å². The second kappa shape index (κ2) is 4.49. The van der Waals surface area contributed by atoms with Crippen LogP contribution in [0.4, 0.5) is 5.82 Å². The standard InChI is InChI=1S/C12H19N3O2/c1-3-8-9(13)14-11(15-10(8)16)12(2)6-4-5-7-17-12/h3-7H2,1-2H3,(H3,13,14,15,16). The summed E-state index contributed by atoms with van der Waals surface area (Å²) in [5.74, 6) is 0.874. The first-order chi connectivity index (χ1) is 8.07. The molecule has 1 aliphatic heterocycles. The van der Waals surface area contributed by atoms with Crippen LogP contribution in [0.2, 0.25) is 0 Å². The number of hydrogen-bond donors (Lipinski definition) is 2. The molecule has 0 saturated carbocycles. The zero-order chi connectivity index (χ0) is 12.5. The minimum Gasteiger partial charge on any atom is -0.383 e. The number of rotatable bonds is 2. The van der Waals surface area contributed by atoms with Crippen LogP contribution in [0, 0.1) is 0 Å². The van der Waals surface area contributed by atoms with Crippen molar-refractivity contribution in [3.63, 3.8) is 0 Å². The Balaban J connectivity index is 2.42. The van der Waals surface area contributed by atoms with Crippen molar-refractivity contribution < 1.29 is 4.74 Å². The van der Waals surface area contributed by atoms with Crippen LogP contribution in [0.3, 0.4) is 0 Å². The Morgan fingerprint density at radius 2 is 2.29 bits per heavy atom. The molecule has 0 radical (unpaired) electrons. The topological polar surface area (TPSA) is 81.0 Å². The number of nitrogens with two attached hydrogens (primary N) is 1. The summed E-state index contributed by atoms with van der Waals surface area (Å²) in [6.45, 7) is 4.55. The number of ether oxygens (including phenoxy) is 1. The van der Waals surface area contributed by atoms with Gasteiger partial charge in [-0.3, -0.25) is 4.79 Å². The van der Waals surface area contributed by atoms with Crippen molar-refractivity contribution in [2.75, 3.05) is 12.3 Å². The van der Waals surface area contributed by atoms with E-state index in [-0.39, 0.29) is 5.56 Å². The van der Waals surface area contributed by atoms with E-state index in [1.165, 1.54) is 0 Å². The molecule has 1 saturated heterocycles. The lowest BCUT2D eigenvalue weighted by Crippen LogP contribution is -2.35. The first-order valence-electron chi connectivity index (χ1n) is 6.10. The zero-order valence-corrected chi connectivity index (χ0v) is 10.4. The average molecular weight is 237 g/mol. The van der Waals surface area contributed by atoms with E-state index in [1.807, 2.05) is 13.8 Å². The number of H-pyrrole nitrogens is 1. The van der Waals surface area contributed by atoms with Gasteiger partial charge in [0.25, 0.3) is 5.56 Å². The van der Waals surface area contributed by atoms with Crippen LogP contribution in [-0.2, 0) is 16.8 Å². The molecule has 1 atom stereocenters. The lowest BCUT2D eigenvalue weighted by atomic mass is 9.95. The van der Waals surface area contributed by atoms with E-state index in [0.29, 0.717) is 30.2 Å².